The Morgan fingerprint density at radius 3 is 2.66 bits per heavy atom. The Kier molecular flexibility index (Phi) is 5.25. The van der Waals surface area contributed by atoms with E-state index < -0.39 is 11.7 Å². The average molecular weight is 444 g/mol. The largest absolute Gasteiger partial charge is 0.416 e. The van der Waals surface area contributed by atoms with E-state index in [4.69, 9.17) is 4.74 Å². The van der Waals surface area contributed by atoms with Gasteiger partial charge in [-0.1, -0.05) is 6.07 Å². The molecule has 2 bridgehead atoms. The van der Waals surface area contributed by atoms with E-state index in [9.17, 15) is 18.0 Å². The third-order valence-corrected chi connectivity index (χ3v) is 6.44. The number of aromatic amines is 1. The highest BCUT2D eigenvalue weighted by molar-refractivity contribution is 5.83. The number of alkyl halides is 3. The van der Waals surface area contributed by atoms with Gasteiger partial charge in [0.1, 0.15) is 5.69 Å². The molecule has 0 spiro atoms. The number of ether oxygens (including phenoxy) is 1. The minimum absolute atomic E-state index is 0.0225. The standard InChI is InChI=1S/C23H23F3N4O2/c1-13-8-14(5-7-30-16-2-3-17(30)12-32-11-16)9-18-20(13)28-21(29-22(18)31)19-10-15(4-6-27-19)23(24,25)26/h4,6,8-10,16-17H,2-3,5,7,11-12H2,1H3,(H,28,29,31). The van der Waals surface area contributed by atoms with Crippen molar-refractivity contribution < 1.29 is 17.9 Å². The minimum atomic E-state index is -4.50. The molecule has 3 aromatic rings. The summed E-state index contributed by atoms with van der Waals surface area (Å²) in [5, 5.41) is 0.431. The molecule has 2 aliphatic rings. The Morgan fingerprint density at radius 2 is 1.94 bits per heavy atom. The second-order valence-electron chi connectivity index (χ2n) is 8.56. The van der Waals surface area contributed by atoms with Gasteiger partial charge in [-0.15, -0.1) is 0 Å². The zero-order valence-corrected chi connectivity index (χ0v) is 17.6. The molecule has 2 atom stereocenters. The van der Waals surface area contributed by atoms with Gasteiger partial charge < -0.3 is 9.72 Å². The van der Waals surface area contributed by atoms with E-state index in [1.165, 1.54) is 0 Å². The molecule has 2 unspecified atom stereocenters. The Morgan fingerprint density at radius 1 is 1.19 bits per heavy atom. The first-order valence-corrected chi connectivity index (χ1v) is 10.7. The van der Waals surface area contributed by atoms with Crippen LogP contribution in [0.4, 0.5) is 13.2 Å². The number of nitrogens with one attached hydrogen (secondary N) is 1. The molecule has 168 valence electrons. The second-order valence-corrected chi connectivity index (χ2v) is 8.56. The van der Waals surface area contributed by atoms with Crippen LogP contribution in [0.5, 0.6) is 0 Å². The molecule has 0 aliphatic carbocycles. The summed E-state index contributed by atoms with van der Waals surface area (Å²) in [6.45, 7) is 4.33. The zero-order chi connectivity index (χ0) is 22.5. The number of hydrogen-bond acceptors (Lipinski definition) is 5. The normalized spacial score (nSPS) is 21.4. The Labute approximate surface area is 182 Å². The summed E-state index contributed by atoms with van der Waals surface area (Å²) in [5.74, 6) is 0.0225. The van der Waals surface area contributed by atoms with Crippen molar-refractivity contribution >= 4 is 10.9 Å². The molecular weight excluding hydrogens is 421 g/mol. The zero-order valence-electron chi connectivity index (χ0n) is 17.6. The van der Waals surface area contributed by atoms with Gasteiger partial charge >= 0.3 is 6.18 Å². The topological polar surface area (TPSA) is 71.1 Å². The SMILES string of the molecule is Cc1cc(CCN2C3CCC2COC3)cc2c(=O)[nH]c(-c3cc(C(F)(F)F)ccn3)nc12. The quantitative estimate of drug-likeness (QED) is 0.664. The van der Waals surface area contributed by atoms with Crippen molar-refractivity contribution in [2.45, 2.75) is 44.4 Å². The highest BCUT2D eigenvalue weighted by atomic mass is 19.4. The lowest BCUT2D eigenvalue weighted by Gasteiger charge is -2.34. The molecule has 2 saturated heterocycles. The first kappa shape index (κ1) is 21.1. The lowest BCUT2D eigenvalue weighted by molar-refractivity contribution is -0.137. The van der Waals surface area contributed by atoms with Gasteiger partial charge in [-0.25, -0.2) is 4.98 Å². The van der Waals surface area contributed by atoms with Gasteiger partial charge in [0.25, 0.3) is 5.56 Å². The molecule has 2 aliphatic heterocycles. The number of morpholine rings is 1. The third kappa shape index (κ3) is 3.91. The van der Waals surface area contributed by atoms with Crippen molar-refractivity contribution in [3.63, 3.8) is 0 Å². The van der Waals surface area contributed by atoms with E-state index in [0.29, 0.717) is 23.0 Å². The predicted molar refractivity (Wildman–Crippen MR) is 113 cm³/mol. The van der Waals surface area contributed by atoms with E-state index in [2.05, 4.69) is 19.9 Å². The van der Waals surface area contributed by atoms with Crippen molar-refractivity contribution in [2.75, 3.05) is 19.8 Å². The van der Waals surface area contributed by atoms with Gasteiger partial charge in [0.15, 0.2) is 5.82 Å². The van der Waals surface area contributed by atoms with Crippen LogP contribution in [0.2, 0.25) is 0 Å². The van der Waals surface area contributed by atoms with Crippen LogP contribution in [-0.4, -0.2) is 51.7 Å². The van der Waals surface area contributed by atoms with Crippen molar-refractivity contribution in [1.82, 2.24) is 19.9 Å². The maximum absolute atomic E-state index is 13.1. The Hall–Kier alpha value is -2.78. The van der Waals surface area contributed by atoms with Gasteiger partial charge in [0, 0.05) is 24.8 Å². The molecule has 6 nitrogen and oxygen atoms in total. The molecule has 9 heteroatoms. The van der Waals surface area contributed by atoms with E-state index in [0.717, 1.165) is 68.5 Å². The number of halogens is 3. The summed E-state index contributed by atoms with van der Waals surface area (Å²) < 4.78 is 44.8. The molecule has 0 saturated carbocycles. The van der Waals surface area contributed by atoms with Crippen LogP contribution in [-0.2, 0) is 17.3 Å². The molecule has 0 radical (unpaired) electrons. The molecule has 2 aromatic heterocycles. The molecule has 32 heavy (non-hydrogen) atoms. The molecule has 1 N–H and O–H groups in total. The average Bonchev–Trinajstić information content (AvgIpc) is 2.98. The van der Waals surface area contributed by atoms with Gasteiger partial charge in [-0.2, -0.15) is 13.2 Å². The van der Waals surface area contributed by atoms with Crippen LogP contribution < -0.4 is 5.56 Å². The fourth-order valence-electron chi connectivity index (χ4n) is 4.83. The van der Waals surface area contributed by atoms with Gasteiger partial charge in [-0.3, -0.25) is 14.7 Å². The first-order chi connectivity index (χ1) is 15.3. The molecular formula is C23H23F3N4O2. The lowest BCUT2D eigenvalue weighted by atomic mass is 10.0. The number of benzene rings is 1. The molecule has 0 amide bonds. The van der Waals surface area contributed by atoms with Crippen LogP contribution in [0, 0.1) is 6.92 Å². The van der Waals surface area contributed by atoms with Crippen molar-refractivity contribution in [3.05, 3.63) is 57.5 Å². The van der Waals surface area contributed by atoms with E-state index in [1.54, 1.807) is 0 Å². The number of aromatic nitrogens is 3. The van der Waals surface area contributed by atoms with E-state index in [-0.39, 0.29) is 17.1 Å². The molecule has 1 aromatic carbocycles. The maximum atomic E-state index is 13.1. The van der Waals surface area contributed by atoms with Crippen LogP contribution >= 0.6 is 0 Å². The third-order valence-electron chi connectivity index (χ3n) is 6.44. The predicted octanol–water partition coefficient (Wildman–Crippen LogP) is 3.72. The molecule has 2 fully saturated rings. The fourth-order valence-corrected chi connectivity index (χ4v) is 4.83. The summed E-state index contributed by atoms with van der Waals surface area (Å²) >= 11 is 0. The van der Waals surface area contributed by atoms with Crippen LogP contribution in [0.3, 0.4) is 0 Å². The smallest absolute Gasteiger partial charge is 0.378 e. The summed E-state index contributed by atoms with van der Waals surface area (Å²) in [4.78, 5) is 26.3. The second kappa shape index (κ2) is 7.97. The Bertz CT molecular complexity index is 1210. The number of hydrogen-bond donors (Lipinski definition) is 1. The van der Waals surface area contributed by atoms with Crippen LogP contribution in [0.25, 0.3) is 22.4 Å². The number of pyridine rings is 1. The molecule has 5 rings (SSSR count). The number of aryl methyl sites for hydroxylation is 1. The van der Waals surface area contributed by atoms with Crippen molar-refractivity contribution in [1.29, 1.82) is 0 Å². The first-order valence-electron chi connectivity index (χ1n) is 10.7. The fraction of sp³-hybridized carbons (Fsp3) is 0.435. The summed E-state index contributed by atoms with van der Waals surface area (Å²) in [6.07, 6.45) is -0.300. The van der Waals surface area contributed by atoms with Crippen molar-refractivity contribution in [3.8, 4) is 11.5 Å². The van der Waals surface area contributed by atoms with Gasteiger partial charge in [-0.05, 0) is 55.5 Å². The van der Waals surface area contributed by atoms with E-state index >= 15 is 0 Å². The van der Waals surface area contributed by atoms with Crippen molar-refractivity contribution in [2.24, 2.45) is 0 Å². The lowest BCUT2D eigenvalue weighted by Crippen LogP contribution is -2.46. The van der Waals surface area contributed by atoms with Gasteiger partial charge in [0.05, 0.1) is 29.7 Å². The number of nitrogens with zero attached hydrogens (tertiary/aromatic N) is 3. The van der Waals surface area contributed by atoms with Gasteiger partial charge in [0.2, 0.25) is 0 Å². The van der Waals surface area contributed by atoms with Crippen LogP contribution in [0.15, 0.2) is 35.3 Å². The van der Waals surface area contributed by atoms with Crippen LogP contribution in [0.1, 0.15) is 29.5 Å². The molecule has 4 heterocycles. The monoisotopic (exact) mass is 444 g/mol. The summed E-state index contributed by atoms with van der Waals surface area (Å²) in [7, 11) is 0. The number of fused-ring (bicyclic) bond motifs is 3. The maximum Gasteiger partial charge on any atom is 0.416 e. The Balaban J connectivity index is 1.44. The highest BCUT2D eigenvalue weighted by Gasteiger charge is 2.36. The number of rotatable bonds is 4. The summed E-state index contributed by atoms with van der Waals surface area (Å²) in [6, 6.07) is 6.57. The minimum Gasteiger partial charge on any atom is -0.378 e. The highest BCUT2D eigenvalue weighted by Crippen LogP contribution is 2.31. The van der Waals surface area contributed by atoms with E-state index in [1.807, 2.05) is 19.1 Å². The number of H-pyrrole nitrogens is 1. The summed E-state index contributed by atoms with van der Waals surface area (Å²) in [5.41, 5.74) is 1.07.